The van der Waals surface area contributed by atoms with Crippen LogP contribution in [0.5, 0.6) is 0 Å². The maximum atomic E-state index is 12.7. The van der Waals surface area contributed by atoms with Crippen LogP contribution in [0.15, 0.2) is 42.5 Å². The number of carbonyl (C=O) groups is 1. The zero-order valence-corrected chi connectivity index (χ0v) is 14.8. The number of nitro groups is 2. The van der Waals surface area contributed by atoms with E-state index >= 15 is 0 Å². The van der Waals surface area contributed by atoms with Crippen LogP contribution < -0.4 is 4.90 Å². The molecule has 0 saturated carbocycles. The van der Waals surface area contributed by atoms with Gasteiger partial charge in [0.05, 0.1) is 9.85 Å². The van der Waals surface area contributed by atoms with Crippen LogP contribution in [-0.4, -0.2) is 46.8 Å². The Bertz CT molecular complexity index is 895. The summed E-state index contributed by atoms with van der Waals surface area (Å²) in [6, 6.07) is 10.2. The van der Waals surface area contributed by atoms with Gasteiger partial charge < -0.3 is 9.80 Å². The molecule has 27 heavy (non-hydrogen) atoms. The normalized spacial score (nSPS) is 14.1. The summed E-state index contributed by atoms with van der Waals surface area (Å²) in [6.07, 6.45) is 0. The number of carbonyl (C=O) groups excluding carboxylic acids is 1. The van der Waals surface area contributed by atoms with Crippen molar-refractivity contribution in [3.05, 3.63) is 73.3 Å². The Balaban J connectivity index is 1.69. The number of hydrogen-bond donors (Lipinski definition) is 0. The van der Waals surface area contributed by atoms with Gasteiger partial charge in [0.25, 0.3) is 17.3 Å². The van der Waals surface area contributed by atoms with E-state index in [1.54, 1.807) is 17.0 Å². The fourth-order valence-electron chi connectivity index (χ4n) is 2.96. The lowest BCUT2D eigenvalue weighted by Gasteiger charge is -2.36. The van der Waals surface area contributed by atoms with Crippen molar-refractivity contribution in [2.24, 2.45) is 0 Å². The van der Waals surface area contributed by atoms with Crippen molar-refractivity contribution in [2.45, 2.75) is 0 Å². The van der Waals surface area contributed by atoms with E-state index < -0.39 is 15.8 Å². The number of benzene rings is 2. The van der Waals surface area contributed by atoms with Gasteiger partial charge in [0, 0.05) is 55.1 Å². The van der Waals surface area contributed by atoms with E-state index in [0.717, 1.165) is 5.69 Å². The summed E-state index contributed by atoms with van der Waals surface area (Å²) < 4.78 is 0. The number of nitrogens with zero attached hydrogens (tertiary/aromatic N) is 4. The maximum Gasteiger partial charge on any atom is 0.283 e. The van der Waals surface area contributed by atoms with Crippen molar-refractivity contribution < 1.29 is 14.6 Å². The first-order valence-electron chi connectivity index (χ1n) is 8.09. The van der Waals surface area contributed by atoms with Crippen LogP contribution in [0.1, 0.15) is 10.4 Å². The number of anilines is 1. The average molecular weight is 391 g/mol. The van der Waals surface area contributed by atoms with Gasteiger partial charge in [-0.1, -0.05) is 11.6 Å². The number of nitro benzene ring substituents is 2. The lowest BCUT2D eigenvalue weighted by Crippen LogP contribution is -2.48. The molecule has 0 N–H and O–H groups in total. The molecule has 1 fully saturated rings. The fraction of sp³-hybridized carbons (Fsp3) is 0.235. The van der Waals surface area contributed by atoms with Gasteiger partial charge in [0.1, 0.15) is 5.56 Å². The summed E-state index contributed by atoms with van der Waals surface area (Å²) in [5, 5.41) is 22.1. The summed E-state index contributed by atoms with van der Waals surface area (Å²) in [6.45, 7) is 1.81. The molecule has 1 aliphatic rings. The molecule has 2 aromatic carbocycles. The van der Waals surface area contributed by atoms with Crippen molar-refractivity contribution in [3.8, 4) is 0 Å². The molecule has 0 bridgehead atoms. The predicted molar refractivity (Wildman–Crippen MR) is 99.3 cm³/mol. The highest BCUT2D eigenvalue weighted by atomic mass is 35.5. The second-order valence-electron chi connectivity index (χ2n) is 5.97. The van der Waals surface area contributed by atoms with E-state index in [-0.39, 0.29) is 22.0 Å². The van der Waals surface area contributed by atoms with Crippen LogP contribution in [0.4, 0.5) is 17.1 Å². The van der Waals surface area contributed by atoms with Crippen LogP contribution in [0, 0.1) is 20.2 Å². The molecule has 1 saturated heterocycles. The quantitative estimate of drug-likeness (QED) is 0.586. The van der Waals surface area contributed by atoms with Crippen molar-refractivity contribution in [1.82, 2.24) is 4.90 Å². The first kappa shape index (κ1) is 18.6. The highest BCUT2D eigenvalue weighted by Crippen LogP contribution is 2.26. The molecule has 0 aliphatic carbocycles. The molecular formula is C17H15ClN4O5. The third-order valence-corrected chi connectivity index (χ3v) is 4.61. The Morgan fingerprint density at radius 2 is 1.56 bits per heavy atom. The van der Waals surface area contributed by atoms with Crippen molar-refractivity contribution in [3.63, 3.8) is 0 Å². The summed E-state index contributed by atoms with van der Waals surface area (Å²) >= 11 is 5.79. The van der Waals surface area contributed by atoms with Gasteiger partial charge in [-0.25, -0.2) is 0 Å². The van der Waals surface area contributed by atoms with Gasteiger partial charge in [-0.3, -0.25) is 25.0 Å². The maximum absolute atomic E-state index is 12.7. The highest BCUT2D eigenvalue weighted by Gasteiger charge is 2.28. The first-order valence-corrected chi connectivity index (χ1v) is 8.47. The minimum Gasteiger partial charge on any atom is -0.368 e. The molecule has 1 aliphatic heterocycles. The van der Waals surface area contributed by atoms with Crippen LogP contribution >= 0.6 is 11.6 Å². The summed E-state index contributed by atoms with van der Waals surface area (Å²) in [4.78, 5) is 37.1. The number of halogens is 1. The molecule has 140 valence electrons. The Morgan fingerprint density at radius 3 is 2.11 bits per heavy atom. The highest BCUT2D eigenvalue weighted by molar-refractivity contribution is 6.31. The van der Waals surface area contributed by atoms with E-state index in [9.17, 15) is 25.0 Å². The largest absolute Gasteiger partial charge is 0.368 e. The summed E-state index contributed by atoms with van der Waals surface area (Å²) in [5.41, 5.74) is 0.534. The molecule has 0 unspecified atom stereocenters. The smallest absolute Gasteiger partial charge is 0.283 e. The Kier molecular flexibility index (Phi) is 5.22. The second-order valence-corrected chi connectivity index (χ2v) is 6.41. The minimum atomic E-state index is -0.619. The Hall–Kier alpha value is -3.20. The molecule has 1 amide bonds. The number of piperazine rings is 1. The molecule has 0 radical (unpaired) electrons. The summed E-state index contributed by atoms with van der Waals surface area (Å²) in [5.74, 6) is -0.415. The second kappa shape index (κ2) is 7.58. The molecule has 2 aromatic rings. The standard InChI is InChI=1S/C17H15ClN4O5/c18-12-1-6-15(16(11-12)22(26)27)17(23)20-9-7-19(8-10-20)13-2-4-14(5-3-13)21(24)25/h1-6,11H,7-10H2. The third-order valence-electron chi connectivity index (χ3n) is 4.38. The lowest BCUT2D eigenvalue weighted by molar-refractivity contribution is -0.385. The predicted octanol–water partition coefficient (Wildman–Crippen LogP) is 3.12. The molecule has 9 nitrogen and oxygen atoms in total. The minimum absolute atomic E-state index is 0.00758. The van der Waals surface area contributed by atoms with Crippen LogP contribution in [0.3, 0.4) is 0 Å². The SMILES string of the molecule is O=C(c1ccc(Cl)cc1[N+](=O)[O-])N1CCN(c2ccc([N+](=O)[O-])cc2)CC1. The lowest BCUT2D eigenvalue weighted by atomic mass is 10.1. The van der Waals surface area contributed by atoms with Gasteiger partial charge >= 0.3 is 0 Å². The zero-order chi connectivity index (χ0) is 19.6. The Morgan fingerprint density at radius 1 is 0.926 bits per heavy atom. The van der Waals surface area contributed by atoms with E-state index in [1.807, 2.05) is 4.90 Å². The third kappa shape index (κ3) is 3.98. The first-order chi connectivity index (χ1) is 12.9. The van der Waals surface area contributed by atoms with Gasteiger partial charge in [0.2, 0.25) is 0 Å². The molecule has 3 rings (SSSR count). The molecule has 10 heteroatoms. The van der Waals surface area contributed by atoms with Gasteiger partial charge in [-0.2, -0.15) is 0 Å². The average Bonchev–Trinajstić information content (AvgIpc) is 2.67. The van der Waals surface area contributed by atoms with Crippen molar-refractivity contribution in [1.29, 1.82) is 0 Å². The van der Waals surface area contributed by atoms with E-state index in [4.69, 9.17) is 11.6 Å². The molecule has 0 atom stereocenters. The van der Waals surface area contributed by atoms with E-state index in [0.29, 0.717) is 26.2 Å². The molecule has 0 spiro atoms. The number of non-ortho nitro benzene ring substituents is 1. The number of hydrogen-bond acceptors (Lipinski definition) is 6. The summed E-state index contributed by atoms with van der Waals surface area (Å²) in [7, 11) is 0. The Labute approximate surface area is 159 Å². The number of amides is 1. The van der Waals surface area contributed by atoms with Crippen LogP contribution in [-0.2, 0) is 0 Å². The fourth-order valence-corrected chi connectivity index (χ4v) is 3.13. The molecule has 1 heterocycles. The van der Waals surface area contributed by atoms with E-state index in [1.165, 1.54) is 30.3 Å². The van der Waals surface area contributed by atoms with E-state index in [2.05, 4.69) is 0 Å². The van der Waals surface area contributed by atoms with Crippen LogP contribution in [0.2, 0.25) is 5.02 Å². The van der Waals surface area contributed by atoms with Crippen molar-refractivity contribution in [2.75, 3.05) is 31.1 Å². The monoisotopic (exact) mass is 390 g/mol. The van der Waals surface area contributed by atoms with Gasteiger partial charge in [-0.15, -0.1) is 0 Å². The topological polar surface area (TPSA) is 110 Å². The molecular weight excluding hydrogens is 376 g/mol. The van der Waals surface area contributed by atoms with Crippen molar-refractivity contribution >= 4 is 34.6 Å². The van der Waals surface area contributed by atoms with Gasteiger partial charge in [0.15, 0.2) is 0 Å². The number of rotatable bonds is 4. The van der Waals surface area contributed by atoms with Gasteiger partial charge in [-0.05, 0) is 24.3 Å². The zero-order valence-electron chi connectivity index (χ0n) is 14.1. The molecule has 0 aromatic heterocycles. The van der Waals surface area contributed by atoms with Crippen LogP contribution in [0.25, 0.3) is 0 Å².